The average Bonchev–Trinajstić information content (AvgIpc) is 2.22. The zero-order chi connectivity index (χ0) is 20.7. The minimum Gasteiger partial charge on any atom is -0.368 e. The van der Waals surface area contributed by atoms with Crippen LogP contribution in [0.4, 0.5) is 26.3 Å². The number of hydrogen-bond donors (Lipinski definition) is 4. The number of rotatable bonds is 2. The van der Waals surface area contributed by atoms with Crippen molar-refractivity contribution in [2.45, 2.75) is 49.9 Å². The summed E-state index contributed by atoms with van der Waals surface area (Å²) in [5.74, 6) is 0. The zero-order valence-electron chi connectivity index (χ0n) is 12.2. The van der Waals surface area contributed by atoms with Crippen molar-refractivity contribution in [2.75, 3.05) is 0 Å². The molecule has 0 aromatic rings. The molecule has 0 aliphatic carbocycles. The smallest absolute Gasteiger partial charge is 0.368 e. The van der Waals surface area contributed by atoms with E-state index in [1.807, 2.05) is 0 Å². The van der Waals surface area contributed by atoms with E-state index in [9.17, 15) is 43.2 Å². The molecule has 0 aliphatic rings. The number of halogens is 6. The van der Waals surface area contributed by atoms with Gasteiger partial charge in [-0.15, -0.1) is 0 Å². The van der Waals surface area contributed by atoms with Crippen LogP contribution in [0.2, 0.25) is 0 Å². The lowest BCUT2D eigenvalue weighted by atomic mass is 10.5. The fourth-order valence-electron chi connectivity index (χ4n) is 0.338. The molecular weight excluding hydrogens is 402 g/mol. The topological polar surface area (TPSA) is 149 Å². The fraction of sp³-hybridized carbons (Fsp3) is 1.00. The number of aliphatic hydroxyl groups excluding tert-OH is 1. The summed E-state index contributed by atoms with van der Waals surface area (Å²) in [4.78, 5) is 0. The zero-order valence-corrected chi connectivity index (χ0v) is 13.9. The Hall–Kier alpha value is -0.680. The molecule has 0 radical (unpaired) electrons. The van der Waals surface area contributed by atoms with E-state index in [2.05, 4.69) is 0 Å². The molecule has 0 spiro atoms. The summed E-state index contributed by atoms with van der Waals surface area (Å²) in [6.45, 7) is 2.02. The van der Waals surface area contributed by atoms with Gasteiger partial charge in [0, 0.05) is 0 Å². The van der Waals surface area contributed by atoms with Gasteiger partial charge in [0.1, 0.15) is 6.29 Å². The second-order valence-electron chi connectivity index (χ2n) is 4.03. The number of alkyl halides is 6. The predicted molar refractivity (Wildman–Crippen MR) is 68.0 cm³/mol. The highest BCUT2D eigenvalue weighted by molar-refractivity contribution is 7.86. The Morgan fingerprint density at radius 3 is 0.792 bits per heavy atom. The van der Waals surface area contributed by atoms with Gasteiger partial charge < -0.3 is 10.2 Å². The van der Waals surface area contributed by atoms with Crippen LogP contribution in [-0.2, 0) is 20.2 Å². The van der Waals surface area contributed by atoms with Gasteiger partial charge in [-0.1, -0.05) is 0 Å². The van der Waals surface area contributed by atoms with Crippen molar-refractivity contribution >= 4 is 20.2 Å². The molecule has 0 fully saturated rings. The van der Waals surface area contributed by atoms with Gasteiger partial charge in [-0.3, -0.25) is 9.11 Å². The van der Waals surface area contributed by atoms with Gasteiger partial charge in [-0.05, 0) is 20.8 Å². The second-order valence-corrected chi connectivity index (χ2v) is 7.50. The van der Waals surface area contributed by atoms with E-state index in [1.165, 1.54) is 6.92 Å². The summed E-state index contributed by atoms with van der Waals surface area (Å²) in [5, 5.41) is 9.81. The molecule has 0 rings (SSSR count). The molecule has 0 aromatic heterocycles. The number of hydrogen-bond acceptors (Lipinski definition) is 6. The van der Waals surface area contributed by atoms with Gasteiger partial charge in [0.2, 0.25) is 0 Å². The van der Waals surface area contributed by atoms with Crippen LogP contribution in [0.1, 0.15) is 20.8 Å². The average molecular weight is 418 g/mol. The third kappa shape index (κ3) is 16.2. The lowest BCUT2D eigenvalue weighted by Crippen LogP contribution is -2.33. The molecule has 0 amide bonds. The molecule has 0 aromatic carbocycles. The Kier molecular flexibility index (Phi) is 11.4. The van der Waals surface area contributed by atoms with E-state index in [1.54, 1.807) is 0 Å². The lowest BCUT2D eigenvalue weighted by Gasteiger charge is -2.10. The minimum absolute atomic E-state index is 0.370. The van der Waals surface area contributed by atoms with Gasteiger partial charge in [0.25, 0.3) is 20.2 Å². The van der Waals surface area contributed by atoms with Crippen LogP contribution in [0.25, 0.3) is 0 Å². The Balaban J connectivity index is -0.000000301. The Morgan fingerprint density at radius 2 is 0.792 bits per heavy atom. The van der Waals surface area contributed by atoms with Crippen LogP contribution < -0.4 is 0 Å². The van der Waals surface area contributed by atoms with Crippen molar-refractivity contribution < 1.29 is 62.5 Å². The molecular formula is C8H16F6O8S2. The molecule has 0 saturated heterocycles. The van der Waals surface area contributed by atoms with Gasteiger partial charge in [0.15, 0.2) is 10.5 Å². The lowest BCUT2D eigenvalue weighted by molar-refractivity contribution is -0.129. The Bertz CT molecular complexity index is 499. The largest absolute Gasteiger partial charge is 0.407 e. The standard InChI is InChI=1S/2C3H5F3O3S.C2H6O2/c2*1-2(3(4,5)6)10(7,8)9;1-2(3)4/h2*2H,1H3,(H,7,8,9);2-4H,1H3. The molecule has 150 valence electrons. The Labute approximate surface area is 133 Å². The first-order chi connectivity index (χ1) is 10.0. The maximum atomic E-state index is 11.4. The molecule has 0 bridgehead atoms. The van der Waals surface area contributed by atoms with Crippen LogP contribution in [-0.4, -0.2) is 65.3 Å². The maximum absolute atomic E-state index is 11.4. The van der Waals surface area contributed by atoms with Crippen molar-refractivity contribution in [3.05, 3.63) is 0 Å². The van der Waals surface area contributed by atoms with E-state index >= 15 is 0 Å². The first kappa shape index (κ1) is 28.1. The third-order valence-electron chi connectivity index (χ3n) is 1.82. The van der Waals surface area contributed by atoms with E-state index in [-0.39, 0.29) is 0 Å². The highest BCUT2D eigenvalue weighted by Crippen LogP contribution is 2.25. The molecule has 0 heterocycles. The first-order valence-electron chi connectivity index (χ1n) is 5.46. The molecule has 2 atom stereocenters. The number of aliphatic hydroxyl groups is 2. The summed E-state index contributed by atoms with van der Waals surface area (Å²) >= 11 is 0. The van der Waals surface area contributed by atoms with Crippen molar-refractivity contribution in [1.29, 1.82) is 0 Å². The van der Waals surface area contributed by atoms with Gasteiger partial charge in [-0.25, -0.2) is 0 Å². The van der Waals surface area contributed by atoms with Crippen molar-refractivity contribution in [1.82, 2.24) is 0 Å². The van der Waals surface area contributed by atoms with Gasteiger partial charge in [-0.2, -0.15) is 43.2 Å². The van der Waals surface area contributed by atoms with Crippen molar-refractivity contribution in [2.24, 2.45) is 0 Å². The summed E-state index contributed by atoms with van der Waals surface area (Å²) in [5.41, 5.74) is 0. The summed E-state index contributed by atoms with van der Waals surface area (Å²) in [6, 6.07) is 0. The quantitative estimate of drug-likeness (QED) is 0.294. The van der Waals surface area contributed by atoms with E-state index in [0.717, 1.165) is 0 Å². The molecule has 4 N–H and O–H groups in total. The molecule has 2 unspecified atom stereocenters. The fourth-order valence-corrected chi connectivity index (χ4v) is 1.01. The maximum Gasteiger partial charge on any atom is 0.407 e. The van der Waals surface area contributed by atoms with Crippen LogP contribution in [0.15, 0.2) is 0 Å². The molecule has 8 nitrogen and oxygen atoms in total. The summed E-state index contributed by atoms with van der Waals surface area (Å²) in [6.07, 6.45) is -11.0. The summed E-state index contributed by atoms with van der Waals surface area (Å²) < 4.78 is 123. The van der Waals surface area contributed by atoms with E-state index in [0.29, 0.717) is 13.8 Å². The predicted octanol–water partition coefficient (Wildman–Crippen LogP) is 0.967. The first-order valence-corrected chi connectivity index (χ1v) is 8.47. The normalized spacial score (nSPS) is 15.6. The SMILES string of the molecule is CC(C(F)(F)F)S(=O)(=O)O.CC(C(F)(F)F)S(=O)(=O)O.CC(O)O. The molecule has 16 heteroatoms. The summed E-state index contributed by atoms with van der Waals surface area (Å²) in [7, 11) is -9.97. The van der Waals surface area contributed by atoms with Crippen molar-refractivity contribution in [3.8, 4) is 0 Å². The third-order valence-corrected chi connectivity index (χ3v) is 4.14. The highest BCUT2D eigenvalue weighted by Gasteiger charge is 2.45. The van der Waals surface area contributed by atoms with E-state index in [4.69, 9.17) is 19.3 Å². The second kappa shape index (κ2) is 9.71. The van der Waals surface area contributed by atoms with Crippen LogP contribution in [0.3, 0.4) is 0 Å². The monoisotopic (exact) mass is 418 g/mol. The molecule has 0 aliphatic heterocycles. The van der Waals surface area contributed by atoms with Crippen LogP contribution in [0.5, 0.6) is 0 Å². The highest BCUT2D eigenvalue weighted by atomic mass is 32.2. The van der Waals surface area contributed by atoms with Crippen molar-refractivity contribution in [3.63, 3.8) is 0 Å². The molecule has 24 heavy (non-hydrogen) atoms. The van der Waals surface area contributed by atoms with Gasteiger partial charge in [0.05, 0.1) is 0 Å². The molecule has 0 saturated carbocycles. The van der Waals surface area contributed by atoms with Crippen LogP contribution >= 0.6 is 0 Å². The Morgan fingerprint density at radius 1 is 0.667 bits per heavy atom. The van der Waals surface area contributed by atoms with Gasteiger partial charge >= 0.3 is 12.4 Å². The minimum atomic E-state index is -4.99. The van der Waals surface area contributed by atoms with Crippen LogP contribution in [0, 0.1) is 0 Å². The van der Waals surface area contributed by atoms with E-state index < -0.39 is 49.4 Å².